The van der Waals surface area contributed by atoms with Gasteiger partial charge in [0.1, 0.15) is 9.84 Å². The molecule has 0 radical (unpaired) electrons. The lowest BCUT2D eigenvalue weighted by atomic mass is 9.83. The quantitative estimate of drug-likeness (QED) is 0.376. The highest BCUT2D eigenvalue weighted by Gasteiger charge is 2.33. The van der Waals surface area contributed by atoms with Crippen molar-refractivity contribution in [2.24, 2.45) is 10.4 Å². The fourth-order valence-corrected chi connectivity index (χ4v) is 3.39. The van der Waals surface area contributed by atoms with Gasteiger partial charge in [-0.1, -0.05) is 12.8 Å². The van der Waals surface area contributed by atoms with E-state index in [0.29, 0.717) is 12.5 Å². The van der Waals surface area contributed by atoms with Crippen LogP contribution in [0.5, 0.6) is 0 Å². The molecular weight excluding hydrogens is 302 g/mol. The summed E-state index contributed by atoms with van der Waals surface area (Å²) in [6.45, 7) is 4.83. The summed E-state index contributed by atoms with van der Waals surface area (Å²) in [6, 6.07) is 0. The van der Waals surface area contributed by atoms with E-state index in [2.05, 4.69) is 15.6 Å². The van der Waals surface area contributed by atoms with E-state index in [1.165, 1.54) is 31.9 Å². The normalized spacial score (nSPS) is 18.4. The molecule has 0 amide bonds. The Morgan fingerprint density at radius 3 is 2.50 bits per heavy atom. The van der Waals surface area contributed by atoms with Crippen LogP contribution in [-0.2, 0) is 14.6 Å². The number of rotatable bonds is 9. The third-order valence-electron chi connectivity index (χ3n) is 4.26. The number of nitrogens with zero attached hydrogens (tertiary/aromatic N) is 1. The van der Waals surface area contributed by atoms with Gasteiger partial charge in [-0.25, -0.2) is 8.42 Å². The van der Waals surface area contributed by atoms with Crippen LogP contribution < -0.4 is 10.6 Å². The van der Waals surface area contributed by atoms with E-state index >= 15 is 0 Å². The minimum atomic E-state index is -2.95. The van der Waals surface area contributed by atoms with Crippen LogP contribution in [0.3, 0.4) is 0 Å². The summed E-state index contributed by atoms with van der Waals surface area (Å²) >= 11 is 0. The van der Waals surface area contributed by atoms with Gasteiger partial charge >= 0.3 is 0 Å². The van der Waals surface area contributed by atoms with E-state index in [9.17, 15) is 8.42 Å². The number of sulfone groups is 1. The maximum atomic E-state index is 11.2. The molecule has 1 aliphatic rings. The first-order valence-corrected chi connectivity index (χ1v) is 10.2. The van der Waals surface area contributed by atoms with Gasteiger partial charge in [0.15, 0.2) is 5.96 Å². The molecule has 0 saturated heterocycles. The monoisotopic (exact) mass is 333 g/mol. The Labute approximate surface area is 135 Å². The standard InChI is InChI=1S/C15H31N3O3S/c1-4-21-11-9-15(7-5-6-8-15)13-18-14(16-2)17-10-12-22(3,19)20/h4-13H2,1-3H3,(H2,16,17,18). The Hall–Kier alpha value is -0.820. The zero-order chi connectivity index (χ0) is 16.5. The first-order valence-electron chi connectivity index (χ1n) is 8.11. The van der Waals surface area contributed by atoms with Gasteiger partial charge in [-0.3, -0.25) is 4.99 Å². The molecule has 0 bridgehead atoms. The Morgan fingerprint density at radius 2 is 1.95 bits per heavy atom. The summed E-state index contributed by atoms with van der Waals surface area (Å²) in [7, 11) is -1.24. The Bertz CT molecular complexity index is 443. The highest BCUT2D eigenvalue weighted by Crippen LogP contribution is 2.40. The number of hydrogen-bond acceptors (Lipinski definition) is 4. The van der Waals surface area contributed by atoms with Crippen molar-refractivity contribution in [2.75, 3.05) is 45.4 Å². The largest absolute Gasteiger partial charge is 0.382 e. The van der Waals surface area contributed by atoms with Crippen LogP contribution in [0.4, 0.5) is 0 Å². The van der Waals surface area contributed by atoms with Crippen molar-refractivity contribution in [1.82, 2.24) is 10.6 Å². The molecule has 22 heavy (non-hydrogen) atoms. The lowest BCUT2D eigenvalue weighted by Gasteiger charge is -2.30. The summed E-state index contributed by atoms with van der Waals surface area (Å²) in [6.07, 6.45) is 7.28. The van der Waals surface area contributed by atoms with Gasteiger partial charge in [-0.05, 0) is 31.6 Å². The summed E-state index contributed by atoms with van der Waals surface area (Å²) in [5, 5.41) is 6.42. The number of hydrogen-bond donors (Lipinski definition) is 2. The predicted molar refractivity (Wildman–Crippen MR) is 91.1 cm³/mol. The topological polar surface area (TPSA) is 79.8 Å². The molecule has 0 atom stereocenters. The summed E-state index contributed by atoms with van der Waals surface area (Å²) in [5.41, 5.74) is 0.281. The van der Waals surface area contributed by atoms with Crippen LogP contribution in [0.15, 0.2) is 4.99 Å². The average molecular weight is 333 g/mol. The molecule has 0 aliphatic heterocycles. The number of nitrogens with one attached hydrogen (secondary N) is 2. The smallest absolute Gasteiger partial charge is 0.191 e. The summed E-state index contributed by atoms with van der Waals surface area (Å²) in [5.74, 6) is 0.787. The fourth-order valence-electron chi connectivity index (χ4n) is 2.92. The van der Waals surface area contributed by atoms with Crippen molar-refractivity contribution in [3.05, 3.63) is 0 Å². The van der Waals surface area contributed by atoms with E-state index in [0.717, 1.165) is 26.2 Å². The average Bonchev–Trinajstić information content (AvgIpc) is 2.91. The molecule has 0 aromatic carbocycles. The van der Waals surface area contributed by atoms with Crippen molar-refractivity contribution >= 4 is 15.8 Å². The van der Waals surface area contributed by atoms with E-state index in [1.54, 1.807) is 7.05 Å². The molecule has 0 spiro atoms. The Kier molecular flexibility index (Phi) is 8.17. The van der Waals surface area contributed by atoms with Crippen LogP contribution in [0.2, 0.25) is 0 Å². The highest BCUT2D eigenvalue weighted by molar-refractivity contribution is 7.90. The van der Waals surface area contributed by atoms with Gasteiger partial charge < -0.3 is 15.4 Å². The predicted octanol–water partition coefficient (Wildman–Crippen LogP) is 1.18. The molecule has 6 nitrogen and oxygen atoms in total. The van der Waals surface area contributed by atoms with E-state index in [-0.39, 0.29) is 11.2 Å². The molecule has 1 rings (SSSR count). The Balaban J connectivity index is 2.41. The van der Waals surface area contributed by atoms with Crippen molar-refractivity contribution in [3.8, 4) is 0 Å². The van der Waals surface area contributed by atoms with Crippen molar-refractivity contribution in [2.45, 2.75) is 39.0 Å². The maximum Gasteiger partial charge on any atom is 0.191 e. The van der Waals surface area contributed by atoms with E-state index < -0.39 is 9.84 Å². The molecule has 1 aliphatic carbocycles. The van der Waals surface area contributed by atoms with Crippen LogP contribution in [0.25, 0.3) is 0 Å². The molecule has 130 valence electrons. The van der Waals surface area contributed by atoms with Crippen molar-refractivity contribution in [1.29, 1.82) is 0 Å². The second kappa shape index (κ2) is 9.35. The van der Waals surface area contributed by atoms with E-state index in [4.69, 9.17) is 4.74 Å². The van der Waals surface area contributed by atoms with Gasteiger partial charge in [0, 0.05) is 39.6 Å². The van der Waals surface area contributed by atoms with E-state index in [1.807, 2.05) is 6.92 Å². The number of guanidine groups is 1. The van der Waals surface area contributed by atoms with Crippen molar-refractivity contribution < 1.29 is 13.2 Å². The number of ether oxygens (including phenoxy) is 1. The van der Waals surface area contributed by atoms with Gasteiger partial charge in [-0.15, -0.1) is 0 Å². The summed E-state index contributed by atoms with van der Waals surface area (Å²) < 4.78 is 27.8. The lowest BCUT2D eigenvalue weighted by Crippen LogP contribution is -2.44. The molecule has 0 unspecified atom stereocenters. The van der Waals surface area contributed by atoms with Crippen LogP contribution in [0.1, 0.15) is 39.0 Å². The van der Waals surface area contributed by atoms with Crippen LogP contribution >= 0.6 is 0 Å². The maximum absolute atomic E-state index is 11.2. The first kappa shape index (κ1) is 19.2. The van der Waals surface area contributed by atoms with Gasteiger partial charge in [0.25, 0.3) is 0 Å². The first-order chi connectivity index (χ1) is 10.4. The third-order valence-corrected chi connectivity index (χ3v) is 5.21. The van der Waals surface area contributed by atoms with Gasteiger partial charge in [0.05, 0.1) is 5.75 Å². The molecule has 1 fully saturated rings. The zero-order valence-electron chi connectivity index (χ0n) is 14.2. The molecule has 0 heterocycles. The van der Waals surface area contributed by atoms with Crippen LogP contribution in [-0.4, -0.2) is 59.7 Å². The second-order valence-corrected chi connectivity index (χ2v) is 8.40. The van der Waals surface area contributed by atoms with Gasteiger partial charge in [0.2, 0.25) is 0 Å². The molecular formula is C15H31N3O3S. The Morgan fingerprint density at radius 1 is 1.27 bits per heavy atom. The highest BCUT2D eigenvalue weighted by atomic mass is 32.2. The van der Waals surface area contributed by atoms with Crippen molar-refractivity contribution in [3.63, 3.8) is 0 Å². The minimum absolute atomic E-state index is 0.114. The zero-order valence-corrected chi connectivity index (χ0v) is 15.0. The molecule has 2 N–H and O–H groups in total. The molecule has 7 heteroatoms. The SMILES string of the molecule is CCOCCC1(CNC(=NC)NCCS(C)(=O)=O)CCCC1. The number of aliphatic imine (C=N–C) groups is 1. The molecule has 0 aromatic rings. The molecule has 1 saturated carbocycles. The molecule has 0 aromatic heterocycles. The minimum Gasteiger partial charge on any atom is -0.382 e. The lowest BCUT2D eigenvalue weighted by molar-refractivity contribution is 0.105. The van der Waals surface area contributed by atoms with Crippen LogP contribution in [0, 0.1) is 5.41 Å². The summed E-state index contributed by atoms with van der Waals surface area (Å²) in [4.78, 5) is 4.16. The van der Waals surface area contributed by atoms with Gasteiger partial charge in [-0.2, -0.15) is 0 Å². The third kappa shape index (κ3) is 7.45. The second-order valence-electron chi connectivity index (χ2n) is 6.14. The fraction of sp³-hybridized carbons (Fsp3) is 0.933.